The summed E-state index contributed by atoms with van der Waals surface area (Å²) >= 11 is 6.80. The van der Waals surface area contributed by atoms with Crippen LogP contribution >= 0.6 is 11.6 Å². The maximum Gasteiger partial charge on any atom is 0.254 e. The quantitative estimate of drug-likeness (QED) is 0.348. The van der Waals surface area contributed by atoms with Crippen LogP contribution in [0.15, 0.2) is 42.9 Å². The van der Waals surface area contributed by atoms with Crippen molar-refractivity contribution in [1.82, 2.24) is 29.4 Å². The number of hydrogen-bond acceptors (Lipinski definition) is 7. The number of rotatable bonds is 6. The molecule has 1 aliphatic carbocycles. The summed E-state index contributed by atoms with van der Waals surface area (Å²) in [5.74, 6) is 0.820. The molecule has 0 N–H and O–H groups in total. The summed E-state index contributed by atoms with van der Waals surface area (Å²) in [6.45, 7) is 5.05. The molecule has 1 saturated carbocycles. The fourth-order valence-electron chi connectivity index (χ4n) is 4.84. The third kappa shape index (κ3) is 4.45. The Morgan fingerprint density at radius 3 is 2.82 bits per heavy atom. The molecule has 4 aromatic rings. The van der Waals surface area contributed by atoms with E-state index in [1.807, 2.05) is 23.6 Å². The van der Waals surface area contributed by atoms with Crippen molar-refractivity contribution in [3.8, 4) is 23.3 Å². The van der Waals surface area contributed by atoms with Gasteiger partial charge in [0.2, 0.25) is 5.88 Å². The number of pyridine rings is 1. The monoisotopic (exact) mass is 527 g/mol. The summed E-state index contributed by atoms with van der Waals surface area (Å²) in [7, 11) is 0. The molecule has 10 heteroatoms. The van der Waals surface area contributed by atoms with E-state index in [1.54, 1.807) is 29.3 Å². The standard InChI is InChI=1S/C28H26ClN7O2/c1-17-7-10-31-19(12-17)15-36-24(34-23-25(36)32-16-33-26(23)38-28(2)8-9-28)21-6-5-18(13-22(21)29)27(37)35-11-3-4-20(35)14-30/h5-7,10,12-13,16,20H,3-4,8-9,11,15H2,1-2H3/t20-/m0/s1. The molecule has 1 aliphatic heterocycles. The largest absolute Gasteiger partial charge is 0.470 e. The molecule has 0 spiro atoms. The Labute approximate surface area is 225 Å². The van der Waals surface area contributed by atoms with Gasteiger partial charge < -0.3 is 14.2 Å². The third-order valence-corrected chi connectivity index (χ3v) is 7.52. The second-order valence-corrected chi connectivity index (χ2v) is 10.6. The zero-order valence-corrected chi connectivity index (χ0v) is 21.9. The van der Waals surface area contributed by atoms with Crippen molar-refractivity contribution in [2.75, 3.05) is 6.54 Å². The number of nitriles is 1. The summed E-state index contributed by atoms with van der Waals surface area (Å²) in [4.78, 5) is 33.1. The molecule has 0 radical (unpaired) electrons. The Morgan fingerprint density at radius 2 is 2.08 bits per heavy atom. The molecule has 0 bridgehead atoms. The van der Waals surface area contributed by atoms with Crippen LogP contribution in [0, 0.1) is 18.3 Å². The van der Waals surface area contributed by atoms with Crippen LogP contribution in [0.2, 0.25) is 5.02 Å². The van der Waals surface area contributed by atoms with E-state index in [0.717, 1.165) is 30.5 Å². The minimum absolute atomic E-state index is 0.195. The molecule has 2 fully saturated rings. The zero-order valence-electron chi connectivity index (χ0n) is 21.2. The normalized spacial score (nSPS) is 17.9. The molecule has 4 heterocycles. The number of ether oxygens (including phenoxy) is 1. The van der Waals surface area contributed by atoms with E-state index in [4.69, 9.17) is 21.3 Å². The molecule has 1 amide bonds. The first-order valence-electron chi connectivity index (χ1n) is 12.7. The lowest BCUT2D eigenvalue weighted by Crippen LogP contribution is -2.34. The van der Waals surface area contributed by atoms with Crippen LogP contribution in [0.5, 0.6) is 5.88 Å². The van der Waals surface area contributed by atoms with Crippen molar-refractivity contribution in [3.05, 3.63) is 64.7 Å². The first-order valence-corrected chi connectivity index (χ1v) is 13.1. The summed E-state index contributed by atoms with van der Waals surface area (Å²) < 4.78 is 8.16. The van der Waals surface area contributed by atoms with Crippen LogP contribution in [0.4, 0.5) is 0 Å². The van der Waals surface area contributed by atoms with Gasteiger partial charge in [0.05, 0.1) is 23.3 Å². The fourth-order valence-corrected chi connectivity index (χ4v) is 5.11. The molecule has 2 aliphatic rings. The molecule has 3 aromatic heterocycles. The Hall–Kier alpha value is -4.03. The SMILES string of the molecule is Cc1ccnc(Cn2c(-c3ccc(C(=O)N4CCC[C@H]4C#N)cc3Cl)nc3c(OC4(C)CC4)ncnc32)c1. The number of aromatic nitrogens is 5. The second-order valence-electron chi connectivity index (χ2n) is 10.2. The average molecular weight is 528 g/mol. The van der Waals surface area contributed by atoms with Gasteiger partial charge in [-0.1, -0.05) is 11.6 Å². The van der Waals surface area contributed by atoms with Gasteiger partial charge >= 0.3 is 0 Å². The second kappa shape index (κ2) is 9.37. The average Bonchev–Trinajstić information content (AvgIpc) is 3.29. The van der Waals surface area contributed by atoms with Gasteiger partial charge in [-0.3, -0.25) is 9.78 Å². The van der Waals surface area contributed by atoms with Crippen molar-refractivity contribution in [2.45, 2.75) is 57.7 Å². The van der Waals surface area contributed by atoms with Crippen LogP contribution in [-0.4, -0.2) is 53.5 Å². The minimum Gasteiger partial charge on any atom is -0.470 e. The minimum atomic E-state index is -0.405. The smallest absolute Gasteiger partial charge is 0.254 e. The molecule has 38 heavy (non-hydrogen) atoms. The highest BCUT2D eigenvalue weighted by Gasteiger charge is 2.41. The Kier molecular flexibility index (Phi) is 6.00. The molecule has 6 rings (SSSR count). The van der Waals surface area contributed by atoms with E-state index < -0.39 is 6.04 Å². The van der Waals surface area contributed by atoms with Crippen LogP contribution in [-0.2, 0) is 6.54 Å². The number of likely N-dealkylation sites (tertiary alicyclic amines) is 1. The number of nitrogens with zero attached hydrogens (tertiary/aromatic N) is 7. The molecule has 0 unspecified atom stereocenters. The van der Waals surface area contributed by atoms with Gasteiger partial charge in [-0.25, -0.2) is 9.97 Å². The molecular weight excluding hydrogens is 502 g/mol. The topological polar surface area (TPSA) is 110 Å². The molecule has 192 valence electrons. The van der Waals surface area contributed by atoms with Crippen LogP contribution in [0.25, 0.3) is 22.6 Å². The number of carbonyl (C=O) groups is 1. The van der Waals surface area contributed by atoms with E-state index in [1.165, 1.54) is 6.33 Å². The van der Waals surface area contributed by atoms with Gasteiger partial charge in [-0.2, -0.15) is 10.2 Å². The Balaban J connectivity index is 1.44. The number of carbonyl (C=O) groups excluding carboxylic acids is 1. The Bertz CT molecular complexity index is 1600. The number of halogens is 1. The van der Waals surface area contributed by atoms with Crippen molar-refractivity contribution in [3.63, 3.8) is 0 Å². The van der Waals surface area contributed by atoms with E-state index in [9.17, 15) is 10.1 Å². The highest BCUT2D eigenvalue weighted by molar-refractivity contribution is 6.33. The van der Waals surface area contributed by atoms with Crippen molar-refractivity contribution in [1.29, 1.82) is 5.26 Å². The van der Waals surface area contributed by atoms with Crippen LogP contribution in [0.3, 0.4) is 0 Å². The molecular formula is C28H26ClN7O2. The van der Waals surface area contributed by atoms with Gasteiger partial charge in [0.15, 0.2) is 11.2 Å². The zero-order chi connectivity index (χ0) is 26.4. The number of fused-ring (bicyclic) bond motifs is 1. The molecule has 1 aromatic carbocycles. The summed E-state index contributed by atoms with van der Waals surface area (Å²) in [6, 6.07) is 11.0. The fraction of sp³-hybridized carbons (Fsp3) is 0.357. The van der Waals surface area contributed by atoms with E-state index >= 15 is 0 Å². The van der Waals surface area contributed by atoms with Crippen LogP contribution < -0.4 is 4.74 Å². The van der Waals surface area contributed by atoms with Gasteiger partial charge in [-0.15, -0.1) is 0 Å². The Morgan fingerprint density at radius 1 is 1.24 bits per heavy atom. The molecule has 1 saturated heterocycles. The predicted octanol–water partition coefficient (Wildman–Crippen LogP) is 4.96. The summed E-state index contributed by atoms with van der Waals surface area (Å²) in [5.41, 5.74) is 3.96. The van der Waals surface area contributed by atoms with E-state index in [2.05, 4.69) is 27.9 Å². The first kappa shape index (κ1) is 24.3. The van der Waals surface area contributed by atoms with Crippen molar-refractivity contribution in [2.24, 2.45) is 0 Å². The molecule has 9 nitrogen and oxygen atoms in total. The maximum absolute atomic E-state index is 13.1. The summed E-state index contributed by atoms with van der Waals surface area (Å²) in [6.07, 6.45) is 6.70. The van der Waals surface area contributed by atoms with E-state index in [0.29, 0.717) is 58.5 Å². The van der Waals surface area contributed by atoms with Gasteiger partial charge in [0.25, 0.3) is 5.91 Å². The first-order chi connectivity index (χ1) is 18.3. The number of aryl methyl sites for hydroxylation is 1. The summed E-state index contributed by atoms with van der Waals surface area (Å²) in [5, 5.41) is 9.78. The number of hydrogen-bond donors (Lipinski definition) is 0. The maximum atomic E-state index is 13.1. The predicted molar refractivity (Wildman–Crippen MR) is 142 cm³/mol. The lowest BCUT2D eigenvalue weighted by molar-refractivity contribution is 0.0765. The molecule has 1 atom stereocenters. The van der Waals surface area contributed by atoms with Gasteiger partial charge in [0.1, 0.15) is 23.8 Å². The van der Waals surface area contributed by atoms with Crippen LogP contribution in [0.1, 0.15) is 54.2 Å². The van der Waals surface area contributed by atoms with Gasteiger partial charge in [0, 0.05) is 23.9 Å². The number of benzene rings is 1. The lowest BCUT2D eigenvalue weighted by atomic mass is 10.1. The van der Waals surface area contributed by atoms with E-state index in [-0.39, 0.29) is 11.5 Å². The van der Waals surface area contributed by atoms with Crippen molar-refractivity contribution >= 4 is 28.7 Å². The highest BCUT2D eigenvalue weighted by atomic mass is 35.5. The lowest BCUT2D eigenvalue weighted by Gasteiger charge is -2.20. The number of imidazole rings is 1. The number of amides is 1. The van der Waals surface area contributed by atoms with Gasteiger partial charge in [-0.05, 0) is 75.4 Å². The highest BCUT2D eigenvalue weighted by Crippen LogP contribution is 2.41. The third-order valence-electron chi connectivity index (χ3n) is 7.21. The van der Waals surface area contributed by atoms with Crippen molar-refractivity contribution < 1.29 is 9.53 Å².